The molecule has 0 bridgehead atoms. The summed E-state index contributed by atoms with van der Waals surface area (Å²) in [5.74, 6) is -0.105. The summed E-state index contributed by atoms with van der Waals surface area (Å²) in [6.07, 6.45) is 2.56. The van der Waals surface area contributed by atoms with Gasteiger partial charge in [-0.2, -0.15) is 5.10 Å². The third-order valence-electron chi connectivity index (χ3n) is 2.42. The molecule has 0 aromatic carbocycles. The molecule has 0 radical (unpaired) electrons. The quantitative estimate of drug-likeness (QED) is 0.826. The number of aryl methyl sites for hydroxylation is 2. The van der Waals surface area contributed by atoms with Crippen molar-refractivity contribution in [3.8, 4) is 0 Å². The summed E-state index contributed by atoms with van der Waals surface area (Å²) in [6, 6.07) is 1.40. The molecule has 3 N–H and O–H groups in total. The van der Waals surface area contributed by atoms with Gasteiger partial charge in [0.15, 0.2) is 0 Å². The van der Waals surface area contributed by atoms with Crippen molar-refractivity contribution < 1.29 is 8.42 Å². The van der Waals surface area contributed by atoms with E-state index in [1.807, 2.05) is 0 Å². The van der Waals surface area contributed by atoms with Gasteiger partial charge in [0.05, 0.1) is 17.1 Å². The highest BCUT2D eigenvalue weighted by Gasteiger charge is 2.19. The van der Waals surface area contributed by atoms with E-state index in [9.17, 15) is 8.42 Å². The Labute approximate surface area is 110 Å². The van der Waals surface area contributed by atoms with Gasteiger partial charge >= 0.3 is 0 Å². The van der Waals surface area contributed by atoms with E-state index in [1.54, 1.807) is 13.8 Å². The molecule has 0 aliphatic heterocycles. The van der Waals surface area contributed by atoms with Crippen LogP contribution in [0, 0.1) is 13.8 Å². The van der Waals surface area contributed by atoms with E-state index in [2.05, 4.69) is 24.9 Å². The van der Waals surface area contributed by atoms with Gasteiger partial charge in [-0.1, -0.05) is 0 Å². The Morgan fingerprint density at radius 1 is 1.21 bits per heavy atom. The average Bonchev–Trinajstić information content (AvgIpc) is 2.34. The molecule has 2 rings (SSSR count). The highest BCUT2D eigenvalue weighted by Crippen LogP contribution is 2.18. The molecule has 0 saturated heterocycles. The van der Waals surface area contributed by atoms with Crippen LogP contribution in [0.5, 0.6) is 0 Å². The number of aromatic nitrogens is 4. The van der Waals surface area contributed by atoms with Crippen LogP contribution in [-0.4, -0.2) is 28.6 Å². The molecule has 2 aromatic heterocycles. The molecule has 8 nitrogen and oxygen atoms in total. The van der Waals surface area contributed by atoms with Crippen molar-refractivity contribution in [3.63, 3.8) is 0 Å². The fourth-order valence-corrected chi connectivity index (χ4v) is 2.31. The predicted octanol–water partition coefficient (Wildman–Crippen LogP) is 0.266. The van der Waals surface area contributed by atoms with Gasteiger partial charge in [0, 0.05) is 12.4 Å². The number of hydrogen-bond acceptors (Lipinski definition) is 7. The maximum Gasteiger partial charge on any atom is 0.267 e. The minimum atomic E-state index is -3.88. The van der Waals surface area contributed by atoms with Crippen molar-refractivity contribution in [3.05, 3.63) is 29.8 Å². The van der Waals surface area contributed by atoms with Crippen LogP contribution in [0.3, 0.4) is 0 Å². The van der Waals surface area contributed by atoms with Crippen molar-refractivity contribution in [2.75, 3.05) is 10.5 Å². The lowest BCUT2D eigenvalue weighted by molar-refractivity contribution is 0.600. The Morgan fingerprint density at radius 3 is 2.58 bits per heavy atom. The van der Waals surface area contributed by atoms with Crippen molar-refractivity contribution in [1.82, 2.24) is 20.2 Å². The van der Waals surface area contributed by atoms with E-state index in [0.29, 0.717) is 11.4 Å². The van der Waals surface area contributed by atoms with Crippen LogP contribution in [0.1, 0.15) is 11.4 Å². The Bertz CT molecular complexity index is 716. The summed E-state index contributed by atoms with van der Waals surface area (Å²) in [5, 5.41) is 7.46. The van der Waals surface area contributed by atoms with Crippen molar-refractivity contribution in [1.29, 1.82) is 0 Å². The lowest BCUT2D eigenvalue weighted by Gasteiger charge is -2.08. The first-order valence-corrected chi connectivity index (χ1v) is 6.78. The van der Waals surface area contributed by atoms with Gasteiger partial charge in [-0.15, -0.1) is 5.10 Å². The van der Waals surface area contributed by atoms with Gasteiger partial charge in [0.25, 0.3) is 16.0 Å². The van der Waals surface area contributed by atoms with Crippen LogP contribution in [0.15, 0.2) is 23.4 Å². The van der Waals surface area contributed by atoms with Crippen LogP contribution in [0.25, 0.3) is 0 Å². The van der Waals surface area contributed by atoms with E-state index < -0.39 is 10.0 Å². The molecule has 9 heteroatoms. The minimum Gasteiger partial charge on any atom is -0.398 e. The number of anilines is 2. The third-order valence-corrected chi connectivity index (χ3v) is 3.80. The lowest BCUT2D eigenvalue weighted by atomic mass is 10.4. The van der Waals surface area contributed by atoms with Gasteiger partial charge in [-0.25, -0.2) is 18.1 Å². The van der Waals surface area contributed by atoms with Crippen LogP contribution < -0.4 is 10.5 Å². The summed E-state index contributed by atoms with van der Waals surface area (Å²) in [5.41, 5.74) is 6.91. The van der Waals surface area contributed by atoms with Gasteiger partial charge < -0.3 is 5.73 Å². The van der Waals surface area contributed by atoms with Gasteiger partial charge in [-0.05, 0) is 19.9 Å². The first-order chi connectivity index (χ1) is 8.90. The molecule has 0 aliphatic rings. The number of nitrogen functional groups attached to an aromatic ring is 1. The molecule has 0 unspecified atom stereocenters. The number of sulfonamides is 1. The second-order valence-corrected chi connectivity index (χ2v) is 5.48. The SMILES string of the molecule is Cc1nnc(NS(=O)(=O)c2cnccc2N)nc1C. The highest BCUT2D eigenvalue weighted by molar-refractivity contribution is 7.92. The molecule has 100 valence electrons. The zero-order chi connectivity index (χ0) is 14.0. The van der Waals surface area contributed by atoms with E-state index in [4.69, 9.17) is 5.73 Å². The molecule has 19 heavy (non-hydrogen) atoms. The number of rotatable bonds is 3. The Balaban J connectivity index is 2.37. The molecule has 0 amide bonds. The molecule has 0 aliphatic carbocycles. The van der Waals surface area contributed by atoms with Crippen molar-refractivity contribution >= 4 is 21.7 Å². The Hall–Kier alpha value is -2.29. The standard InChI is InChI=1S/C10H12N6O2S/c1-6-7(2)14-15-10(13-6)16-19(17,18)9-5-12-4-3-8(9)11/h3-5H,1-2H3,(H2,11,12)(H,13,15,16). The molecule has 0 atom stereocenters. The smallest absolute Gasteiger partial charge is 0.267 e. The summed E-state index contributed by atoms with van der Waals surface area (Å²) in [7, 11) is -3.88. The first-order valence-electron chi connectivity index (χ1n) is 5.30. The molecule has 2 aromatic rings. The molecule has 0 saturated carbocycles. The summed E-state index contributed by atoms with van der Waals surface area (Å²) in [4.78, 5) is 7.59. The number of nitrogens with two attached hydrogens (primary N) is 1. The minimum absolute atomic E-state index is 0.0966. The molecule has 0 spiro atoms. The van der Waals surface area contributed by atoms with E-state index in [0.717, 1.165) is 6.20 Å². The monoisotopic (exact) mass is 280 g/mol. The summed E-state index contributed by atoms with van der Waals surface area (Å²) < 4.78 is 26.4. The maximum absolute atomic E-state index is 12.1. The fourth-order valence-electron chi connectivity index (χ4n) is 1.29. The Morgan fingerprint density at radius 2 is 1.95 bits per heavy atom. The van der Waals surface area contributed by atoms with Crippen LogP contribution in [-0.2, 0) is 10.0 Å². The zero-order valence-electron chi connectivity index (χ0n) is 10.3. The molecular formula is C10H12N6O2S. The van der Waals surface area contributed by atoms with Crippen LogP contribution in [0.2, 0.25) is 0 Å². The summed E-state index contributed by atoms with van der Waals surface area (Å²) >= 11 is 0. The summed E-state index contributed by atoms with van der Waals surface area (Å²) in [6.45, 7) is 3.44. The predicted molar refractivity (Wildman–Crippen MR) is 68.8 cm³/mol. The van der Waals surface area contributed by atoms with Gasteiger partial charge in [0.1, 0.15) is 4.90 Å². The maximum atomic E-state index is 12.1. The second-order valence-electron chi connectivity index (χ2n) is 3.83. The zero-order valence-corrected chi connectivity index (χ0v) is 11.1. The number of nitrogens with one attached hydrogen (secondary N) is 1. The first kappa shape index (κ1) is 13.1. The molecule has 2 heterocycles. The third kappa shape index (κ3) is 2.76. The number of hydrogen-bond donors (Lipinski definition) is 2. The number of nitrogens with zero attached hydrogens (tertiary/aromatic N) is 4. The molecule has 0 fully saturated rings. The van der Waals surface area contributed by atoms with Crippen LogP contribution in [0.4, 0.5) is 11.6 Å². The van der Waals surface area contributed by atoms with Crippen LogP contribution >= 0.6 is 0 Å². The van der Waals surface area contributed by atoms with E-state index in [1.165, 1.54) is 12.3 Å². The van der Waals surface area contributed by atoms with E-state index in [-0.39, 0.29) is 16.5 Å². The van der Waals surface area contributed by atoms with Gasteiger partial charge in [-0.3, -0.25) is 4.98 Å². The topological polar surface area (TPSA) is 124 Å². The normalized spacial score (nSPS) is 11.3. The number of pyridine rings is 1. The van der Waals surface area contributed by atoms with Crippen molar-refractivity contribution in [2.24, 2.45) is 0 Å². The fraction of sp³-hybridized carbons (Fsp3) is 0.200. The largest absolute Gasteiger partial charge is 0.398 e. The van der Waals surface area contributed by atoms with Gasteiger partial charge in [0.2, 0.25) is 0 Å². The second kappa shape index (κ2) is 4.76. The molecular weight excluding hydrogens is 268 g/mol. The average molecular weight is 280 g/mol. The lowest BCUT2D eigenvalue weighted by Crippen LogP contribution is -2.17. The van der Waals surface area contributed by atoms with E-state index >= 15 is 0 Å². The van der Waals surface area contributed by atoms with Crippen molar-refractivity contribution in [2.45, 2.75) is 18.7 Å². The highest BCUT2D eigenvalue weighted by atomic mass is 32.2. The Kier molecular flexibility index (Phi) is 3.30.